The van der Waals surface area contributed by atoms with Gasteiger partial charge in [0.1, 0.15) is 5.82 Å². The average Bonchev–Trinajstić information content (AvgIpc) is 2.74. The van der Waals surface area contributed by atoms with Crippen LogP contribution >= 0.6 is 11.6 Å². The lowest BCUT2D eigenvalue weighted by Gasteiger charge is -2.34. The number of nitrogens with one attached hydrogen (secondary N) is 2. The largest absolute Gasteiger partial charge is 0.352 e. The highest BCUT2D eigenvalue weighted by Gasteiger charge is 2.30. The summed E-state index contributed by atoms with van der Waals surface area (Å²) in [4.78, 5) is 26.9. The molecule has 0 bridgehead atoms. The Balaban J connectivity index is 1.46. The van der Waals surface area contributed by atoms with E-state index in [1.54, 1.807) is 6.92 Å². The molecule has 0 radical (unpaired) electrons. The van der Waals surface area contributed by atoms with E-state index in [0.29, 0.717) is 32.5 Å². The van der Waals surface area contributed by atoms with Crippen LogP contribution in [-0.2, 0) is 16.1 Å². The smallest absolute Gasteiger partial charge is 0.241 e. The predicted octanol–water partition coefficient (Wildman–Crippen LogP) is 3.83. The van der Waals surface area contributed by atoms with Gasteiger partial charge in [-0.15, -0.1) is 0 Å². The quantitative estimate of drug-likeness (QED) is 0.750. The van der Waals surface area contributed by atoms with E-state index in [-0.39, 0.29) is 28.4 Å². The molecule has 1 heterocycles. The van der Waals surface area contributed by atoms with Gasteiger partial charge in [0.15, 0.2) is 0 Å². The zero-order chi connectivity index (χ0) is 20.8. The van der Waals surface area contributed by atoms with E-state index in [0.717, 1.165) is 5.56 Å². The highest BCUT2D eigenvalue weighted by atomic mass is 35.5. The van der Waals surface area contributed by atoms with Gasteiger partial charge in [0, 0.05) is 17.5 Å². The van der Waals surface area contributed by atoms with Crippen LogP contribution in [0.15, 0.2) is 48.5 Å². The Bertz CT molecular complexity index is 854. The molecular formula is C22H25ClFN3O2. The Morgan fingerprint density at radius 2 is 1.86 bits per heavy atom. The summed E-state index contributed by atoms with van der Waals surface area (Å²) in [6.07, 6.45) is 1.38. The second-order valence-corrected chi connectivity index (χ2v) is 7.74. The van der Waals surface area contributed by atoms with Crippen molar-refractivity contribution in [3.05, 3.63) is 64.9 Å². The number of likely N-dealkylation sites (tertiary alicyclic amines) is 1. The first-order valence-corrected chi connectivity index (χ1v) is 10.1. The summed E-state index contributed by atoms with van der Waals surface area (Å²) in [5.41, 5.74) is 1.18. The van der Waals surface area contributed by atoms with E-state index in [2.05, 4.69) is 10.6 Å². The van der Waals surface area contributed by atoms with Gasteiger partial charge in [-0.2, -0.15) is 0 Å². The Morgan fingerprint density at radius 1 is 1.17 bits per heavy atom. The molecule has 7 heteroatoms. The van der Waals surface area contributed by atoms with Crippen molar-refractivity contribution in [2.24, 2.45) is 5.92 Å². The minimum absolute atomic E-state index is 0.0499. The number of piperidine rings is 1. The first kappa shape index (κ1) is 21.3. The van der Waals surface area contributed by atoms with Crippen molar-refractivity contribution in [2.75, 3.05) is 18.4 Å². The molecule has 1 aliphatic rings. The van der Waals surface area contributed by atoms with Crippen LogP contribution in [0.3, 0.4) is 0 Å². The molecular weight excluding hydrogens is 393 g/mol. The van der Waals surface area contributed by atoms with Crippen molar-refractivity contribution in [1.82, 2.24) is 10.2 Å². The summed E-state index contributed by atoms with van der Waals surface area (Å²) < 4.78 is 13.9. The van der Waals surface area contributed by atoms with E-state index >= 15 is 0 Å². The molecule has 1 aliphatic heterocycles. The van der Waals surface area contributed by atoms with Crippen molar-refractivity contribution in [1.29, 1.82) is 0 Å². The molecule has 0 spiro atoms. The first-order valence-electron chi connectivity index (χ1n) is 9.75. The summed E-state index contributed by atoms with van der Waals surface area (Å²) in [7, 11) is 0. The van der Waals surface area contributed by atoms with Gasteiger partial charge in [0.05, 0.1) is 11.7 Å². The summed E-state index contributed by atoms with van der Waals surface area (Å²) >= 11 is 5.74. The van der Waals surface area contributed by atoms with Crippen LogP contribution in [0.2, 0.25) is 5.02 Å². The summed E-state index contributed by atoms with van der Waals surface area (Å²) in [6, 6.07) is 13.5. The molecule has 2 aromatic rings. The second kappa shape index (κ2) is 9.85. The highest BCUT2D eigenvalue weighted by Crippen LogP contribution is 2.22. The topological polar surface area (TPSA) is 61.4 Å². The number of anilines is 1. The number of carbonyl (C=O) groups excluding carboxylic acids is 2. The van der Waals surface area contributed by atoms with Crippen LogP contribution in [0, 0.1) is 11.7 Å². The van der Waals surface area contributed by atoms with Gasteiger partial charge in [-0.25, -0.2) is 4.39 Å². The van der Waals surface area contributed by atoms with Crippen LogP contribution in [0.25, 0.3) is 0 Å². The third-order valence-corrected chi connectivity index (χ3v) is 5.56. The SMILES string of the molecule is C[C@@H](C(=O)Nc1ccc(Cl)cc1F)N1CCC(C(=O)NCc2ccccc2)CC1. The maximum absolute atomic E-state index is 13.9. The molecule has 0 saturated carbocycles. The number of hydrogen-bond donors (Lipinski definition) is 2. The van der Waals surface area contributed by atoms with Crippen LogP contribution in [0.4, 0.5) is 10.1 Å². The fraction of sp³-hybridized carbons (Fsp3) is 0.364. The van der Waals surface area contributed by atoms with E-state index in [1.165, 1.54) is 18.2 Å². The first-order chi connectivity index (χ1) is 13.9. The molecule has 5 nitrogen and oxygen atoms in total. The van der Waals surface area contributed by atoms with Gasteiger partial charge in [-0.3, -0.25) is 14.5 Å². The number of carbonyl (C=O) groups is 2. The maximum atomic E-state index is 13.9. The molecule has 0 aliphatic carbocycles. The molecule has 29 heavy (non-hydrogen) atoms. The second-order valence-electron chi connectivity index (χ2n) is 7.30. The zero-order valence-corrected chi connectivity index (χ0v) is 17.1. The maximum Gasteiger partial charge on any atom is 0.241 e. The van der Waals surface area contributed by atoms with Gasteiger partial charge in [-0.05, 0) is 56.6 Å². The summed E-state index contributed by atoms with van der Waals surface area (Å²) in [5.74, 6) is -0.849. The van der Waals surface area contributed by atoms with Gasteiger partial charge >= 0.3 is 0 Å². The Labute approximate surface area is 175 Å². The zero-order valence-electron chi connectivity index (χ0n) is 16.3. The Kier molecular flexibility index (Phi) is 7.23. The van der Waals surface area contributed by atoms with Gasteiger partial charge in [0.25, 0.3) is 0 Å². The van der Waals surface area contributed by atoms with Gasteiger partial charge in [0.2, 0.25) is 11.8 Å². The lowest BCUT2D eigenvalue weighted by Crippen LogP contribution is -2.48. The Hall–Kier alpha value is -2.44. The monoisotopic (exact) mass is 417 g/mol. The molecule has 154 valence electrons. The van der Waals surface area contributed by atoms with Gasteiger partial charge < -0.3 is 10.6 Å². The van der Waals surface area contributed by atoms with Crippen LogP contribution in [-0.4, -0.2) is 35.8 Å². The molecule has 2 N–H and O–H groups in total. The summed E-state index contributed by atoms with van der Waals surface area (Å²) in [6.45, 7) is 3.59. The molecule has 1 saturated heterocycles. The number of amides is 2. The van der Waals surface area contributed by atoms with Crippen LogP contribution in [0.5, 0.6) is 0 Å². The van der Waals surface area contributed by atoms with E-state index in [4.69, 9.17) is 11.6 Å². The Morgan fingerprint density at radius 3 is 2.52 bits per heavy atom. The highest BCUT2D eigenvalue weighted by molar-refractivity contribution is 6.30. The van der Waals surface area contributed by atoms with Crippen molar-refractivity contribution in [3.8, 4) is 0 Å². The molecule has 3 rings (SSSR count). The van der Waals surface area contributed by atoms with Crippen LogP contribution in [0.1, 0.15) is 25.3 Å². The van der Waals surface area contributed by atoms with E-state index in [1.807, 2.05) is 35.2 Å². The number of rotatable bonds is 6. The number of halogens is 2. The molecule has 0 unspecified atom stereocenters. The van der Waals surface area contributed by atoms with E-state index < -0.39 is 11.9 Å². The lowest BCUT2D eigenvalue weighted by atomic mass is 9.94. The number of benzene rings is 2. The third-order valence-electron chi connectivity index (χ3n) is 5.33. The number of hydrogen-bond acceptors (Lipinski definition) is 3. The number of nitrogens with zero attached hydrogens (tertiary/aromatic N) is 1. The van der Waals surface area contributed by atoms with Crippen molar-refractivity contribution in [3.63, 3.8) is 0 Å². The lowest BCUT2D eigenvalue weighted by molar-refractivity contribution is -0.127. The molecule has 1 atom stereocenters. The standard InChI is InChI=1S/C22H25ClFN3O2/c1-15(21(28)26-20-8-7-18(23)13-19(20)24)27-11-9-17(10-12-27)22(29)25-14-16-5-3-2-4-6-16/h2-8,13,15,17H,9-12,14H2,1H3,(H,25,29)(H,26,28)/t15-/m0/s1. The molecule has 1 fully saturated rings. The fourth-order valence-corrected chi connectivity index (χ4v) is 3.63. The fourth-order valence-electron chi connectivity index (χ4n) is 3.47. The van der Waals surface area contributed by atoms with E-state index in [9.17, 15) is 14.0 Å². The van der Waals surface area contributed by atoms with Crippen molar-refractivity contribution < 1.29 is 14.0 Å². The normalized spacial score (nSPS) is 16.2. The minimum atomic E-state index is -0.563. The molecule has 0 aromatic heterocycles. The average molecular weight is 418 g/mol. The predicted molar refractivity (Wildman–Crippen MR) is 112 cm³/mol. The van der Waals surface area contributed by atoms with Crippen molar-refractivity contribution >= 4 is 29.1 Å². The minimum Gasteiger partial charge on any atom is -0.352 e. The van der Waals surface area contributed by atoms with Crippen molar-refractivity contribution in [2.45, 2.75) is 32.4 Å². The van der Waals surface area contributed by atoms with Gasteiger partial charge in [-0.1, -0.05) is 41.9 Å². The summed E-state index contributed by atoms with van der Waals surface area (Å²) in [5, 5.41) is 5.88. The molecule has 2 amide bonds. The third kappa shape index (κ3) is 5.78. The van der Waals surface area contributed by atoms with Crippen LogP contribution < -0.4 is 10.6 Å². The molecule has 2 aromatic carbocycles.